The topological polar surface area (TPSA) is 84.9 Å². The molecule has 190 valence electrons. The zero-order valence-electron chi connectivity index (χ0n) is 19.4. The Morgan fingerprint density at radius 2 is 1.73 bits per heavy atom. The van der Waals surface area contributed by atoms with Gasteiger partial charge in [-0.1, -0.05) is 46.9 Å². The van der Waals surface area contributed by atoms with E-state index in [1.807, 2.05) is 0 Å². The number of rotatable bonds is 6. The Morgan fingerprint density at radius 3 is 2.41 bits per heavy atom. The van der Waals surface area contributed by atoms with E-state index in [-0.39, 0.29) is 17.9 Å². The number of aryl methyl sites for hydroxylation is 1. The standard InChI is InChI=1S/C26H18Cl3IN2O5/c1-13-3-5-16(11-19(13)28)32-25(34)17(24(33)31-26(32)35)7-15-9-21(30)23(22(10-15)36-2)37-12-14-4-6-18(27)20(29)8-14/h3-11H,12H2,1-2H3,(H,31,33,35)/b17-7-. The van der Waals surface area contributed by atoms with Crippen LogP contribution in [0.1, 0.15) is 16.7 Å². The second-order valence-corrected chi connectivity index (χ2v) is 10.3. The predicted octanol–water partition coefficient (Wildman–Crippen LogP) is 6.81. The number of methoxy groups -OCH3 is 1. The molecule has 0 radical (unpaired) electrons. The van der Waals surface area contributed by atoms with Gasteiger partial charge in [0.05, 0.1) is 26.4 Å². The fourth-order valence-corrected chi connectivity index (χ4v) is 4.80. The van der Waals surface area contributed by atoms with Gasteiger partial charge >= 0.3 is 6.03 Å². The summed E-state index contributed by atoms with van der Waals surface area (Å²) in [6, 6.07) is 12.5. The van der Waals surface area contributed by atoms with Crippen LogP contribution in [0.5, 0.6) is 11.5 Å². The van der Waals surface area contributed by atoms with Gasteiger partial charge < -0.3 is 9.47 Å². The molecule has 3 aromatic rings. The lowest BCUT2D eigenvalue weighted by molar-refractivity contribution is -0.122. The minimum atomic E-state index is -0.856. The van der Waals surface area contributed by atoms with Crippen molar-refractivity contribution in [2.24, 2.45) is 0 Å². The number of anilines is 1. The minimum Gasteiger partial charge on any atom is -0.493 e. The normalized spacial score (nSPS) is 14.7. The molecule has 1 aliphatic heterocycles. The molecule has 0 bridgehead atoms. The van der Waals surface area contributed by atoms with E-state index < -0.39 is 17.8 Å². The van der Waals surface area contributed by atoms with Crippen LogP contribution in [-0.4, -0.2) is 25.0 Å². The minimum absolute atomic E-state index is 0.209. The van der Waals surface area contributed by atoms with Crippen molar-refractivity contribution in [1.82, 2.24) is 5.32 Å². The highest BCUT2D eigenvalue weighted by molar-refractivity contribution is 14.1. The van der Waals surface area contributed by atoms with E-state index in [9.17, 15) is 14.4 Å². The predicted molar refractivity (Wildman–Crippen MR) is 152 cm³/mol. The number of barbiturate groups is 1. The lowest BCUT2D eigenvalue weighted by Crippen LogP contribution is -2.54. The number of hydrogen-bond acceptors (Lipinski definition) is 5. The van der Waals surface area contributed by atoms with E-state index in [1.165, 1.54) is 19.3 Å². The molecule has 0 aromatic heterocycles. The number of hydrogen-bond donors (Lipinski definition) is 1. The Balaban J connectivity index is 1.64. The highest BCUT2D eigenvalue weighted by Gasteiger charge is 2.37. The first-order valence-electron chi connectivity index (χ1n) is 10.7. The summed E-state index contributed by atoms with van der Waals surface area (Å²) in [7, 11) is 1.48. The SMILES string of the molecule is COc1cc(/C=C2/C(=O)NC(=O)N(c3ccc(C)c(Cl)c3)C2=O)cc(I)c1OCc1ccc(Cl)c(Cl)c1. The number of nitrogens with one attached hydrogen (secondary N) is 1. The van der Waals surface area contributed by atoms with Crippen LogP contribution in [-0.2, 0) is 16.2 Å². The van der Waals surface area contributed by atoms with E-state index >= 15 is 0 Å². The van der Waals surface area contributed by atoms with Gasteiger partial charge in [0.1, 0.15) is 12.2 Å². The van der Waals surface area contributed by atoms with Crippen LogP contribution in [0.15, 0.2) is 54.1 Å². The summed E-state index contributed by atoms with van der Waals surface area (Å²) in [5, 5.41) is 3.45. The molecule has 0 aliphatic carbocycles. The number of ether oxygens (including phenoxy) is 2. The quantitative estimate of drug-likeness (QED) is 0.177. The third-order valence-corrected chi connectivity index (χ3v) is 7.39. The van der Waals surface area contributed by atoms with Crippen molar-refractivity contribution >= 4 is 87.0 Å². The van der Waals surface area contributed by atoms with Gasteiger partial charge in [0, 0.05) is 5.02 Å². The van der Waals surface area contributed by atoms with Gasteiger partial charge in [0.15, 0.2) is 11.5 Å². The zero-order valence-corrected chi connectivity index (χ0v) is 23.8. The first-order chi connectivity index (χ1) is 17.6. The van der Waals surface area contributed by atoms with Gasteiger partial charge in [-0.05, 0) is 88.7 Å². The van der Waals surface area contributed by atoms with Crippen LogP contribution < -0.4 is 19.7 Å². The highest BCUT2D eigenvalue weighted by atomic mass is 127. The molecule has 4 amide bonds. The average Bonchev–Trinajstić information content (AvgIpc) is 2.85. The fourth-order valence-electron chi connectivity index (χ4n) is 3.53. The van der Waals surface area contributed by atoms with E-state index in [4.69, 9.17) is 44.3 Å². The van der Waals surface area contributed by atoms with Crippen molar-refractivity contribution in [3.05, 3.63) is 89.4 Å². The van der Waals surface area contributed by atoms with Gasteiger partial charge in [0.2, 0.25) is 0 Å². The van der Waals surface area contributed by atoms with Crippen molar-refractivity contribution in [3.8, 4) is 11.5 Å². The summed E-state index contributed by atoms with van der Waals surface area (Å²) >= 11 is 20.3. The van der Waals surface area contributed by atoms with Crippen molar-refractivity contribution in [2.75, 3.05) is 12.0 Å². The monoisotopic (exact) mass is 670 g/mol. The van der Waals surface area contributed by atoms with Crippen LogP contribution in [0, 0.1) is 10.5 Å². The molecule has 3 aromatic carbocycles. The Kier molecular flexibility index (Phi) is 8.33. The molecule has 0 saturated carbocycles. The van der Waals surface area contributed by atoms with E-state index in [2.05, 4.69) is 27.9 Å². The number of halogens is 4. The van der Waals surface area contributed by atoms with Crippen LogP contribution >= 0.6 is 57.4 Å². The highest BCUT2D eigenvalue weighted by Crippen LogP contribution is 2.36. The van der Waals surface area contributed by atoms with Crippen molar-refractivity contribution in [3.63, 3.8) is 0 Å². The largest absolute Gasteiger partial charge is 0.493 e. The summed E-state index contributed by atoms with van der Waals surface area (Å²) in [4.78, 5) is 39.2. The van der Waals surface area contributed by atoms with Gasteiger partial charge in [-0.15, -0.1) is 0 Å². The first-order valence-corrected chi connectivity index (χ1v) is 12.9. The molecule has 1 aliphatic rings. The molecular weight excluding hydrogens is 654 g/mol. The van der Waals surface area contributed by atoms with Crippen LogP contribution in [0.3, 0.4) is 0 Å². The number of carbonyl (C=O) groups excluding carboxylic acids is 3. The summed E-state index contributed by atoms with van der Waals surface area (Å²) in [5.74, 6) is -0.719. The Bertz CT molecular complexity index is 1470. The molecule has 1 saturated heterocycles. The molecule has 0 atom stereocenters. The van der Waals surface area contributed by atoms with Crippen molar-refractivity contribution in [1.29, 1.82) is 0 Å². The molecule has 11 heteroatoms. The number of nitrogens with zero attached hydrogens (tertiary/aromatic N) is 1. The average molecular weight is 672 g/mol. The first kappa shape index (κ1) is 27.3. The third-order valence-electron chi connectivity index (χ3n) is 5.45. The van der Waals surface area contributed by atoms with Gasteiger partial charge in [-0.25, -0.2) is 9.69 Å². The van der Waals surface area contributed by atoms with Gasteiger partial charge in [0.25, 0.3) is 11.8 Å². The maximum absolute atomic E-state index is 13.2. The second-order valence-electron chi connectivity index (χ2n) is 7.96. The summed E-state index contributed by atoms with van der Waals surface area (Å²) in [6.45, 7) is 2.01. The molecular formula is C26H18Cl3IN2O5. The van der Waals surface area contributed by atoms with Gasteiger partial charge in [-0.3, -0.25) is 14.9 Å². The maximum atomic E-state index is 13.2. The maximum Gasteiger partial charge on any atom is 0.335 e. The second kappa shape index (κ2) is 11.3. The number of imide groups is 2. The van der Waals surface area contributed by atoms with E-state index in [0.717, 1.165) is 16.0 Å². The number of urea groups is 1. The number of benzene rings is 3. The van der Waals surface area contributed by atoms with Crippen molar-refractivity contribution < 1.29 is 23.9 Å². The molecule has 37 heavy (non-hydrogen) atoms. The molecule has 1 heterocycles. The number of carbonyl (C=O) groups is 3. The Hall–Kier alpha value is -2.79. The molecule has 0 spiro atoms. The number of amides is 4. The van der Waals surface area contributed by atoms with E-state index in [1.54, 1.807) is 49.4 Å². The van der Waals surface area contributed by atoms with E-state index in [0.29, 0.717) is 35.7 Å². The summed E-state index contributed by atoms with van der Waals surface area (Å²) in [6.07, 6.45) is 1.39. The Morgan fingerprint density at radius 1 is 0.973 bits per heavy atom. The molecule has 0 unspecified atom stereocenters. The smallest absolute Gasteiger partial charge is 0.335 e. The van der Waals surface area contributed by atoms with Crippen molar-refractivity contribution in [2.45, 2.75) is 13.5 Å². The summed E-state index contributed by atoms with van der Waals surface area (Å²) in [5.41, 5.74) is 2.11. The molecule has 7 nitrogen and oxygen atoms in total. The lowest BCUT2D eigenvalue weighted by atomic mass is 10.1. The van der Waals surface area contributed by atoms with Crippen LogP contribution in [0.25, 0.3) is 6.08 Å². The van der Waals surface area contributed by atoms with Gasteiger partial charge in [-0.2, -0.15) is 0 Å². The molecule has 1 N–H and O–H groups in total. The lowest BCUT2D eigenvalue weighted by Gasteiger charge is -2.26. The molecule has 1 fully saturated rings. The summed E-state index contributed by atoms with van der Waals surface area (Å²) < 4.78 is 12.1. The van der Waals surface area contributed by atoms with Crippen LogP contribution in [0.2, 0.25) is 15.1 Å². The van der Waals surface area contributed by atoms with Crippen LogP contribution in [0.4, 0.5) is 10.5 Å². The fraction of sp³-hybridized carbons (Fsp3) is 0.115. The Labute approximate surface area is 241 Å². The molecule has 4 rings (SSSR count). The third kappa shape index (κ3) is 5.87. The zero-order chi connectivity index (χ0) is 26.9.